The monoisotopic (exact) mass is 305 g/mol. The maximum atomic E-state index is 13.1. The second kappa shape index (κ2) is 7.40. The van der Waals surface area contributed by atoms with Gasteiger partial charge in [-0.15, -0.1) is 0 Å². The predicted octanol–water partition coefficient (Wildman–Crippen LogP) is 3.75. The van der Waals surface area contributed by atoms with Crippen LogP contribution < -0.4 is 9.47 Å². The van der Waals surface area contributed by atoms with E-state index in [0.29, 0.717) is 5.75 Å². The predicted molar refractivity (Wildman–Crippen MR) is 79.9 cm³/mol. The molecule has 0 aromatic heterocycles. The average molecular weight is 305 g/mol. The fourth-order valence-electron chi connectivity index (χ4n) is 1.92. The molecule has 0 aliphatic rings. The van der Waals surface area contributed by atoms with Crippen molar-refractivity contribution >= 4 is 5.69 Å². The van der Waals surface area contributed by atoms with Gasteiger partial charge in [-0.05, 0) is 30.2 Å². The summed E-state index contributed by atoms with van der Waals surface area (Å²) in [5, 5.41) is 10.8. The highest BCUT2D eigenvalue weighted by atomic mass is 19.1. The first-order chi connectivity index (χ1) is 10.6. The van der Waals surface area contributed by atoms with Crippen molar-refractivity contribution < 1.29 is 18.8 Å². The van der Waals surface area contributed by atoms with Crippen LogP contribution in [-0.2, 0) is 6.42 Å². The van der Waals surface area contributed by atoms with Crippen LogP contribution in [0.25, 0.3) is 0 Å². The van der Waals surface area contributed by atoms with Crippen molar-refractivity contribution in [2.45, 2.75) is 13.3 Å². The Bertz CT molecular complexity index is 660. The lowest BCUT2D eigenvalue weighted by molar-refractivity contribution is -0.385. The highest BCUT2D eigenvalue weighted by Gasteiger charge is 2.15. The standard InChI is InChI=1S/C16H16FNO4/c1-2-12-4-3-5-14(10-12)21-8-9-22-16-11-13(17)6-7-15(16)18(19)20/h3-7,10-11H,2,8-9H2,1H3. The third-order valence-electron chi connectivity index (χ3n) is 3.03. The molecule has 6 heteroatoms. The highest BCUT2D eigenvalue weighted by Crippen LogP contribution is 2.27. The summed E-state index contributed by atoms with van der Waals surface area (Å²) in [7, 11) is 0. The minimum atomic E-state index is -0.611. The van der Waals surface area contributed by atoms with Crippen molar-refractivity contribution in [2.75, 3.05) is 13.2 Å². The van der Waals surface area contributed by atoms with E-state index >= 15 is 0 Å². The minimum absolute atomic E-state index is 0.0840. The minimum Gasteiger partial charge on any atom is -0.490 e. The maximum absolute atomic E-state index is 13.1. The lowest BCUT2D eigenvalue weighted by atomic mass is 10.2. The van der Waals surface area contributed by atoms with Crippen molar-refractivity contribution in [1.29, 1.82) is 0 Å². The number of ether oxygens (including phenoxy) is 2. The van der Waals surface area contributed by atoms with Gasteiger partial charge in [0.15, 0.2) is 5.75 Å². The zero-order valence-corrected chi connectivity index (χ0v) is 12.1. The number of nitro groups is 1. The first kappa shape index (κ1) is 15.8. The number of nitrogens with zero attached hydrogens (tertiary/aromatic N) is 1. The fourth-order valence-corrected chi connectivity index (χ4v) is 1.92. The molecule has 5 nitrogen and oxygen atoms in total. The largest absolute Gasteiger partial charge is 0.490 e. The van der Waals surface area contributed by atoms with Crippen LogP contribution in [0.5, 0.6) is 11.5 Å². The molecule has 0 aliphatic carbocycles. The summed E-state index contributed by atoms with van der Waals surface area (Å²) in [5.41, 5.74) is 0.883. The number of hydrogen-bond acceptors (Lipinski definition) is 4. The Morgan fingerprint density at radius 1 is 1.14 bits per heavy atom. The summed E-state index contributed by atoms with van der Waals surface area (Å²) in [6.07, 6.45) is 0.906. The Balaban J connectivity index is 1.91. The van der Waals surface area contributed by atoms with Gasteiger partial charge in [0, 0.05) is 12.1 Å². The van der Waals surface area contributed by atoms with Gasteiger partial charge in [0.25, 0.3) is 0 Å². The Labute approximate surface area is 127 Å². The number of nitro benzene ring substituents is 1. The molecule has 0 amide bonds. The molecule has 0 spiro atoms. The summed E-state index contributed by atoms with van der Waals surface area (Å²) in [6, 6.07) is 10.7. The van der Waals surface area contributed by atoms with Crippen molar-refractivity contribution in [3.05, 3.63) is 64.0 Å². The smallest absolute Gasteiger partial charge is 0.311 e. The van der Waals surface area contributed by atoms with Crippen LogP contribution in [0.2, 0.25) is 0 Å². The Kier molecular flexibility index (Phi) is 5.30. The molecule has 0 bridgehead atoms. The van der Waals surface area contributed by atoms with E-state index in [1.807, 2.05) is 31.2 Å². The topological polar surface area (TPSA) is 61.6 Å². The molecule has 2 rings (SSSR count). The number of benzene rings is 2. The van der Waals surface area contributed by atoms with Crippen molar-refractivity contribution in [2.24, 2.45) is 0 Å². The van der Waals surface area contributed by atoms with Gasteiger partial charge in [0.2, 0.25) is 0 Å². The molecule has 0 radical (unpaired) electrons. The molecule has 0 fully saturated rings. The summed E-state index contributed by atoms with van der Waals surface area (Å²) in [4.78, 5) is 10.2. The zero-order valence-electron chi connectivity index (χ0n) is 12.1. The third kappa shape index (κ3) is 4.18. The SMILES string of the molecule is CCc1cccc(OCCOc2cc(F)ccc2[N+](=O)[O-])c1. The maximum Gasteiger partial charge on any atom is 0.311 e. The first-order valence-corrected chi connectivity index (χ1v) is 6.88. The van der Waals surface area contributed by atoms with E-state index in [-0.39, 0.29) is 24.7 Å². The van der Waals surface area contributed by atoms with E-state index in [0.717, 1.165) is 30.2 Å². The Morgan fingerprint density at radius 3 is 2.64 bits per heavy atom. The fraction of sp³-hybridized carbons (Fsp3) is 0.250. The molecular formula is C16H16FNO4. The molecule has 22 heavy (non-hydrogen) atoms. The number of rotatable bonds is 7. The van der Waals surface area contributed by atoms with Gasteiger partial charge in [-0.3, -0.25) is 10.1 Å². The molecule has 0 N–H and O–H groups in total. The molecule has 2 aromatic rings. The van der Waals surface area contributed by atoms with E-state index in [1.54, 1.807) is 0 Å². The van der Waals surface area contributed by atoms with Gasteiger partial charge >= 0.3 is 5.69 Å². The second-order valence-electron chi connectivity index (χ2n) is 4.57. The van der Waals surface area contributed by atoms with E-state index in [4.69, 9.17) is 9.47 Å². The third-order valence-corrected chi connectivity index (χ3v) is 3.03. The first-order valence-electron chi connectivity index (χ1n) is 6.88. The Hall–Kier alpha value is -2.63. The molecule has 116 valence electrons. The van der Waals surface area contributed by atoms with Gasteiger partial charge in [0.1, 0.15) is 24.8 Å². The summed E-state index contributed by atoms with van der Waals surface area (Å²) in [6.45, 7) is 2.34. The number of hydrogen-bond donors (Lipinski definition) is 0. The molecule has 0 saturated heterocycles. The van der Waals surface area contributed by atoms with Crippen LogP contribution in [0, 0.1) is 15.9 Å². The molecule has 0 atom stereocenters. The second-order valence-corrected chi connectivity index (χ2v) is 4.57. The summed E-state index contributed by atoms with van der Waals surface area (Å²) >= 11 is 0. The van der Waals surface area contributed by atoms with E-state index in [1.165, 1.54) is 0 Å². The number of aryl methyl sites for hydroxylation is 1. The van der Waals surface area contributed by atoms with Crippen LogP contribution in [0.15, 0.2) is 42.5 Å². The number of halogens is 1. The van der Waals surface area contributed by atoms with Crippen LogP contribution in [0.3, 0.4) is 0 Å². The Morgan fingerprint density at radius 2 is 1.91 bits per heavy atom. The van der Waals surface area contributed by atoms with Gasteiger partial charge < -0.3 is 9.47 Å². The summed E-state index contributed by atoms with van der Waals surface area (Å²) in [5.74, 6) is 0.0183. The van der Waals surface area contributed by atoms with E-state index in [9.17, 15) is 14.5 Å². The molecule has 0 unspecified atom stereocenters. The van der Waals surface area contributed by atoms with E-state index < -0.39 is 10.7 Å². The van der Waals surface area contributed by atoms with Crippen LogP contribution in [-0.4, -0.2) is 18.1 Å². The van der Waals surface area contributed by atoms with Gasteiger partial charge in [-0.25, -0.2) is 4.39 Å². The van der Waals surface area contributed by atoms with Gasteiger partial charge in [-0.1, -0.05) is 19.1 Å². The van der Waals surface area contributed by atoms with Gasteiger partial charge in [-0.2, -0.15) is 0 Å². The molecule has 0 heterocycles. The molecule has 2 aromatic carbocycles. The zero-order chi connectivity index (χ0) is 15.9. The molecule has 0 aliphatic heterocycles. The van der Waals surface area contributed by atoms with E-state index in [2.05, 4.69) is 0 Å². The average Bonchev–Trinajstić information content (AvgIpc) is 2.51. The molecular weight excluding hydrogens is 289 g/mol. The molecule has 0 saturated carbocycles. The van der Waals surface area contributed by atoms with Crippen LogP contribution in [0.4, 0.5) is 10.1 Å². The van der Waals surface area contributed by atoms with Gasteiger partial charge in [0.05, 0.1) is 4.92 Å². The van der Waals surface area contributed by atoms with Crippen LogP contribution in [0.1, 0.15) is 12.5 Å². The lowest BCUT2D eigenvalue weighted by Crippen LogP contribution is -2.10. The lowest BCUT2D eigenvalue weighted by Gasteiger charge is -2.09. The van der Waals surface area contributed by atoms with Crippen molar-refractivity contribution in [3.63, 3.8) is 0 Å². The van der Waals surface area contributed by atoms with Crippen molar-refractivity contribution in [3.8, 4) is 11.5 Å². The quantitative estimate of drug-likeness (QED) is 0.444. The normalized spacial score (nSPS) is 10.3. The highest BCUT2D eigenvalue weighted by molar-refractivity contribution is 5.46. The summed E-state index contributed by atoms with van der Waals surface area (Å²) < 4.78 is 23.9. The van der Waals surface area contributed by atoms with Crippen molar-refractivity contribution in [1.82, 2.24) is 0 Å². The van der Waals surface area contributed by atoms with Crippen LogP contribution >= 0.6 is 0 Å².